The highest BCUT2D eigenvalue weighted by molar-refractivity contribution is 6.33. The zero-order chi connectivity index (χ0) is 10.6. The molecule has 0 aromatic heterocycles. The SMILES string of the molecule is COCCOc1ccc(F)c(Cl)c1N. The summed E-state index contributed by atoms with van der Waals surface area (Å²) < 4.78 is 22.9. The summed E-state index contributed by atoms with van der Waals surface area (Å²) in [5, 5.41) is -0.111. The first-order chi connectivity index (χ1) is 6.66. The van der Waals surface area contributed by atoms with Crippen LogP contribution in [0.25, 0.3) is 0 Å². The van der Waals surface area contributed by atoms with Crippen LogP contribution < -0.4 is 10.5 Å². The molecule has 0 heterocycles. The first-order valence-electron chi connectivity index (χ1n) is 4.02. The molecule has 0 radical (unpaired) electrons. The lowest BCUT2D eigenvalue weighted by molar-refractivity contribution is 0.146. The van der Waals surface area contributed by atoms with Crippen molar-refractivity contribution in [2.75, 3.05) is 26.1 Å². The van der Waals surface area contributed by atoms with E-state index in [9.17, 15) is 4.39 Å². The van der Waals surface area contributed by atoms with Gasteiger partial charge in [0.05, 0.1) is 12.3 Å². The minimum Gasteiger partial charge on any atom is -0.489 e. The maximum Gasteiger partial charge on any atom is 0.144 e. The van der Waals surface area contributed by atoms with Crippen molar-refractivity contribution in [3.8, 4) is 5.75 Å². The van der Waals surface area contributed by atoms with Crippen LogP contribution >= 0.6 is 11.6 Å². The van der Waals surface area contributed by atoms with Gasteiger partial charge in [-0.1, -0.05) is 11.6 Å². The van der Waals surface area contributed by atoms with E-state index >= 15 is 0 Å². The predicted molar refractivity (Wildman–Crippen MR) is 53.2 cm³/mol. The van der Waals surface area contributed by atoms with Gasteiger partial charge in [0.2, 0.25) is 0 Å². The first-order valence-corrected chi connectivity index (χ1v) is 4.40. The molecule has 0 aliphatic carbocycles. The molecule has 0 amide bonds. The van der Waals surface area contributed by atoms with E-state index in [1.54, 1.807) is 7.11 Å². The summed E-state index contributed by atoms with van der Waals surface area (Å²) in [6.45, 7) is 0.789. The Labute approximate surface area is 86.6 Å². The Morgan fingerprint density at radius 1 is 1.43 bits per heavy atom. The van der Waals surface area contributed by atoms with E-state index in [2.05, 4.69) is 0 Å². The van der Waals surface area contributed by atoms with Gasteiger partial charge in [0.25, 0.3) is 0 Å². The summed E-state index contributed by atoms with van der Waals surface area (Å²) in [5.41, 5.74) is 5.64. The standard InChI is InChI=1S/C9H11ClFNO2/c1-13-4-5-14-7-3-2-6(11)8(10)9(7)12/h2-3H,4-5,12H2,1H3. The Balaban J connectivity index is 2.73. The molecule has 1 aromatic rings. The van der Waals surface area contributed by atoms with Gasteiger partial charge in [-0.05, 0) is 12.1 Å². The van der Waals surface area contributed by atoms with Gasteiger partial charge < -0.3 is 15.2 Å². The van der Waals surface area contributed by atoms with Crippen molar-refractivity contribution in [1.82, 2.24) is 0 Å². The van der Waals surface area contributed by atoms with E-state index in [4.69, 9.17) is 26.8 Å². The summed E-state index contributed by atoms with van der Waals surface area (Å²) >= 11 is 5.58. The van der Waals surface area contributed by atoms with Crippen LogP contribution in [0.2, 0.25) is 5.02 Å². The van der Waals surface area contributed by atoms with Crippen molar-refractivity contribution in [2.45, 2.75) is 0 Å². The number of ether oxygens (including phenoxy) is 2. The Bertz CT molecular complexity index is 320. The summed E-state index contributed by atoms with van der Waals surface area (Å²) in [5.74, 6) is -0.184. The fourth-order valence-corrected chi connectivity index (χ4v) is 1.07. The molecule has 3 nitrogen and oxygen atoms in total. The number of nitrogen functional groups attached to an aromatic ring is 1. The van der Waals surface area contributed by atoms with Gasteiger partial charge in [0.15, 0.2) is 0 Å². The van der Waals surface area contributed by atoms with Crippen LogP contribution in [-0.4, -0.2) is 20.3 Å². The highest BCUT2D eigenvalue weighted by Gasteiger charge is 2.09. The molecule has 5 heteroatoms. The number of rotatable bonds is 4. The largest absolute Gasteiger partial charge is 0.489 e. The zero-order valence-electron chi connectivity index (χ0n) is 7.72. The molecule has 0 aliphatic heterocycles. The maximum atomic E-state index is 12.9. The number of hydrogen-bond acceptors (Lipinski definition) is 3. The highest BCUT2D eigenvalue weighted by atomic mass is 35.5. The molecule has 0 spiro atoms. The second kappa shape index (κ2) is 5.02. The van der Waals surface area contributed by atoms with Crippen molar-refractivity contribution >= 4 is 17.3 Å². The predicted octanol–water partition coefficient (Wildman–Crippen LogP) is 2.09. The maximum absolute atomic E-state index is 12.9. The number of hydrogen-bond donors (Lipinski definition) is 1. The minimum atomic E-state index is -0.553. The number of nitrogens with two attached hydrogens (primary N) is 1. The molecule has 14 heavy (non-hydrogen) atoms. The van der Waals surface area contributed by atoms with Gasteiger partial charge in [-0.2, -0.15) is 0 Å². The third-order valence-corrected chi connectivity index (χ3v) is 2.02. The number of anilines is 1. The van der Waals surface area contributed by atoms with Gasteiger partial charge in [0, 0.05) is 7.11 Å². The molecule has 2 N–H and O–H groups in total. The van der Waals surface area contributed by atoms with Gasteiger partial charge in [-0.3, -0.25) is 0 Å². The van der Waals surface area contributed by atoms with Gasteiger partial charge in [0.1, 0.15) is 23.2 Å². The van der Waals surface area contributed by atoms with Crippen LogP contribution in [0.4, 0.5) is 10.1 Å². The quantitative estimate of drug-likeness (QED) is 0.623. The average molecular weight is 220 g/mol. The molecule has 0 saturated heterocycles. The van der Waals surface area contributed by atoms with Gasteiger partial charge in [-0.25, -0.2) is 4.39 Å². The minimum absolute atomic E-state index is 0.111. The van der Waals surface area contributed by atoms with Crippen molar-refractivity contribution in [1.29, 1.82) is 0 Å². The van der Waals surface area contributed by atoms with Crippen molar-refractivity contribution < 1.29 is 13.9 Å². The second-order valence-electron chi connectivity index (χ2n) is 2.61. The Morgan fingerprint density at radius 3 is 2.79 bits per heavy atom. The van der Waals surface area contributed by atoms with E-state index in [1.807, 2.05) is 0 Å². The Kier molecular flexibility index (Phi) is 3.98. The monoisotopic (exact) mass is 219 g/mol. The molecule has 0 atom stereocenters. The molecule has 0 unspecified atom stereocenters. The lowest BCUT2D eigenvalue weighted by Crippen LogP contribution is -2.06. The Morgan fingerprint density at radius 2 is 2.14 bits per heavy atom. The molecule has 1 rings (SSSR count). The molecular formula is C9H11ClFNO2. The van der Waals surface area contributed by atoms with Crippen molar-refractivity contribution in [2.24, 2.45) is 0 Å². The molecular weight excluding hydrogens is 209 g/mol. The van der Waals surface area contributed by atoms with Crippen LogP contribution in [0.15, 0.2) is 12.1 Å². The molecule has 0 saturated carbocycles. The van der Waals surface area contributed by atoms with Crippen LogP contribution in [-0.2, 0) is 4.74 Å². The molecule has 0 bridgehead atoms. The first kappa shape index (κ1) is 11.1. The number of benzene rings is 1. The van der Waals surface area contributed by atoms with E-state index in [0.29, 0.717) is 19.0 Å². The summed E-state index contributed by atoms with van der Waals surface area (Å²) in [6, 6.07) is 2.65. The zero-order valence-corrected chi connectivity index (χ0v) is 8.47. The number of methoxy groups -OCH3 is 1. The topological polar surface area (TPSA) is 44.5 Å². The third kappa shape index (κ3) is 2.49. The highest BCUT2D eigenvalue weighted by Crippen LogP contribution is 2.31. The smallest absolute Gasteiger partial charge is 0.144 e. The normalized spacial score (nSPS) is 10.2. The van der Waals surface area contributed by atoms with E-state index < -0.39 is 5.82 Å². The van der Waals surface area contributed by atoms with Crippen LogP contribution in [0.1, 0.15) is 0 Å². The van der Waals surface area contributed by atoms with Crippen molar-refractivity contribution in [3.05, 3.63) is 23.0 Å². The third-order valence-electron chi connectivity index (χ3n) is 1.64. The van der Waals surface area contributed by atoms with E-state index in [1.165, 1.54) is 12.1 Å². The Hall–Kier alpha value is -1.00. The van der Waals surface area contributed by atoms with E-state index in [-0.39, 0.29) is 10.7 Å². The van der Waals surface area contributed by atoms with Gasteiger partial charge in [-0.15, -0.1) is 0 Å². The summed E-state index contributed by atoms with van der Waals surface area (Å²) in [7, 11) is 1.56. The summed E-state index contributed by atoms with van der Waals surface area (Å²) in [6.07, 6.45) is 0. The molecule has 1 aromatic carbocycles. The summed E-state index contributed by atoms with van der Waals surface area (Å²) in [4.78, 5) is 0. The van der Waals surface area contributed by atoms with Gasteiger partial charge >= 0.3 is 0 Å². The van der Waals surface area contributed by atoms with E-state index in [0.717, 1.165) is 0 Å². The lowest BCUT2D eigenvalue weighted by Gasteiger charge is -2.09. The van der Waals surface area contributed by atoms with Crippen LogP contribution in [0.3, 0.4) is 0 Å². The number of halogens is 2. The molecule has 0 fully saturated rings. The molecule has 0 aliphatic rings. The fraction of sp³-hybridized carbons (Fsp3) is 0.333. The lowest BCUT2D eigenvalue weighted by atomic mass is 10.3. The van der Waals surface area contributed by atoms with Crippen LogP contribution in [0.5, 0.6) is 5.75 Å². The second-order valence-corrected chi connectivity index (χ2v) is 2.99. The fourth-order valence-electron chi connectivity index (χ4n) is 0.909. The molecule has 78 valence electrons. The average Bonchev–Trinajstić information content (AvgIpc) is 2.18. The van der Waals surface area contributed by atoms with Crippen molar-refractivity contribution in [3.63, 3.8) is 0 Å². The van der Waals surface area contributed by atoms with Crippen LogP contribution in [0, 0.1) is 5.82 Å².